The third-order valence-corrected chi connectivity index (χ3v) is 8.04. The molecule has 164 valence electrons. The molecule has 3 aromatic rings. The van der Waals surface area contributed by atoms with Crippen LogP contribution in [0.2, 0.25) is 0 Å². The van der Waals surface area contributed by atoms with E-state index in [-0.39, 0.29) is 29.2 Å². The Morgan fingerprint density at radius 3 is 2.65 bits per heavy atom. The number of aryl methyl sites for hydroxylation is 1. The van der Waals surface area contributed by atoms with Gasteiger partial charge in [0.2, 0.25) is 5.91 Å². The molecular formula is C21H24N4O4S2. The number of thioether (sulfide) groups is 1. The third-order valence-electron chi connectivity index (χ3n) is 5.33. The third kappa shape index (κ3) is 4.54. The lowest BCUT2D eigenvalue weighted by atomic mass is 10.2. The first-order valence-electron chi connectivity index (χ1n) is 10.1. The van der Waals surface area contributed by atoms with Crippen LogP contribution in [0.15, 0.2) is 52.2 Å². The van der Waals surface area contributed by atoms with Crippen LogP contribution in [0, 0.1) is 6.92 Å². The zero-order valence-corrected chi connectivity index (χ0v) is 19.0. The summed E-state index contributed by atoms with van der Waals surface area (Å²) in [6.07, 6.45) is 2.06. The number of anilines is 1. The summed E-state index contributed by atoms with van der Waals surface area (Å²) >= 11 is 1.30. The summed E-state index contributed by atoms with van der Waals surface area (Å²) in [6.45, 7) is 4.51. The highest BCUT2D eigenvalue weighted by Gasteiger charge is 2.35. The first-order chi connectivity index (χ1) is 14.9. The molecule has 1 aliphatic heterocycles. The number of nitrogens with zero attached hydrogens (tertiary/aromatic N) is 4. The quantitative estimate of drug-likeness (QED) is 0.499. The van der Waals surface area contributed by atoms with Crippen LogP contribution in [0.1, 0.15) is 19.1 Å². The predicted octanol–water partition coefficient (Wildman–Crippen LogP) is 3.18. The van der Waals surface area contributed by atoms with Crippen LogP contribution >= 0.6 is 11.8 Å². The second-order valence-corrected chi connectivity index (χ2v) is 10.6. The Kier molecular flexibility index (Phi) is 6.19. The SMILES string of the molecule is CCn1c(SCC(=O)N(c2ccccc2)C2CCS(=O)(=O)C2)nnc1-c1ccoc1C. The Labute approximate surface area is 185 Å². The van der Waals surface area contributed by atoms with Gasteiger partial charge in [0.25, 0.3) is 0 Å². The average Bonchev–Trinajstić information content (AvgIpc) is 3.45. The molecule has 0 bridgehead atoms. The molecule has 1 aliphatic rings. The Balaban J connectivity index is 1.55. The molecule has 1 fully saturated rings. The molecule has 10 heteroatoms. The van der Waals surface area contributed by atoms with E-state index in [2.05, 4.69) is 10.2 Å². The largest absolute Gasteiger partial charge is 0.469 e. The smallest absolute Gasteiger partial charge is 0.237 e. The van der Waals surface area contributed by atoms with Gasteiger partial charge >= 0.3 is 0 Å². The number of furan rings is 1. The van der Waals surface area contributed by atoms with Gasteiger partial charge in [-0.1, -0.05) is 30.0 Å². The molecule has 1 amide bonds. The summed E-state index contributed by atoms with van der Waals surface area (Å²) in [7, 11) is -3.12. The lowest BCUT2D eigenvalue weighted by Crippen LogP contribution is -2.42. The van der Waals surface area contributed by atoms with Crippen molar-refractivity contribution < 1.29 is 17.6 Å². The van der Waals surface area contributed by atoms with Gasteiger partial charge in [0.1, 0.15) is 5.76 Å². The summed E-state index contributed by atoms with van der Waals surface area (Å²) in [5, 5.41) is 9.21. The van der Waals surface area contributed by atoms with Crippen molar-refractivity contribution in [3.05, 3.63) is 48.4 Å². The second-order valence-electron chi connectivity index (χ2n) is 7.39. The maximum absolute atomic E-state index is 13.2. The highest BCUT2D eigenvalue weighted by Crippen LogP contribution is 2.29. The van der Waals surface area contributed by atoms with Crippen LogP contribution in [-0.2, 0) is 21.2 Å². The molecule has 1 atom stereocenters. The van der Waals surface area contributed by atoms with Crippen LogP contribution in [0.25, 0.3) is 11.4 Å². The normalized spacial score (nSPS) is 17.7. The average molecular weight is 461 g/mol. The first kappa shape index (κ1) is 21.6. The number of para-hydroxylation sites is 1. The number of rotatable bonds is 7. The Morgan fingerprint density at radius 1 is 1.26 bits per heavy atom. The molecule has 0 aliphatic carbocycles. The summed E-state index contributed by atoms with van der Waals surface area (Å²) in [5.74, 6) is 1.54. The first-order valence-corrected chi connectivity index (χ1v) is 12.9. The van der Waals surface area contributed by atoms with E-state index in [1.54, 1.807) is 11.2 Å². The Bertz CT molecular complexity index is 1170. The van der Waals surface area contributed by atoms with E-state index < -0.39 is 9.84 Å². The van der Waals surface area contributed by atoms with Gasteiger partial charge in [0.15, 0.2) is 20.8 Å². The van der Waals surface area contributed by atoms with Crippen LogP contribution < -0.4 is 4.90 Å². The molecule has 3 heterocycles. The molecule has 1 unspecified atom stereocenters. The highest BCUT2D eigenvalue weighted by molar-refractivity contribution is 7.99. The zero-order chi connectivity index (χ0) is 22.0. The van der Waals surface area contributed by atoms with Crippen LogP contribution in [0.3, 0.4) is 0 Å². The molecule has 2 aromatic heterocycles. The van der Waals surface area contributed by atoms with Crippen molar-refractivity contribution in [3.63, 3.8) is 0 Å². The van der Waals surface area contributed by atoms with Gasteiger partial charge in [-0.25, -0.2) is 8.42 Å². The molecule has 4 rings (SSSR count). The van der Waals surface area contributed by atoms with Crippen molar-refractivity contribution in [2.24, 2.45) is 0 Å². The molecular weight excluding hydrogens is 436 g/mol. The zero-order valence-electron chi connectivity index (χ0n) is 17.4. The van der Waals surface area contributed by atoms with E-state index in [0.717, 1.165) is 11.3 Å². The molecule has 1 aromatic carbocycles. The second kappa shape index (κ2) is 8.88. The Morgan fingerprint density at radius 2 is 2.03 bits per heavy atom. The van der Waals surface area contributed by atoms with Crippen LogP contribution in [0.4, 0.5) is 5.69 Å². The standard InChI is InChI=1S/C21H24N4O4S2/c1-3-24-20(18-9-11-29-15(18)2)22-23-21(24)30-13-19(26)25(16-7-5-4-6-8-16)17-10-12-31(27,28)14-17/h4-9,11,17H,3,10,12-14H2,1-2H3. The fourth-order valence-electron chi connectivity index (χ4n) is 3.82. The lowest BCUT2D eigenvalue weighted by Gasteiger charge is -2.28. The molecule has 0 radical (unpaired) electrons. The molecule has 0 N–H and O–H groups in total. The number of carbonyl (C=O) groups is 1. The fraction of sp³-hybridized carbons (Fsp3) is 0.381. The predicted molar refractivity (Wildman–Crippen MR) is 120 cm³/mol. The number of carbonyl (C=O) groups excluding carboxylic acids is 1. The monoisotopic (exact) mass is 460 g/mol. The summed E-state index contributed by atoms with van der Waals surface area (Å²) in [4.78, 5) is 14.9. The highest BCUT2D eigenvalue weighted by atomic mass is 32.2. The van der Waals surface area contributed by atoms with Crippen molar-refractivity contribution in [3.8, 4) is 11.4 Å². The molecule has 1 saturated heterocycles. The van der Waals surface area contributed by atoms with Crippen molar-refractivity contribution >= 4 is 33.2 Å². The summed E-state index contributed by atoms with van der Waals surface area (Å²) in [5.41, 5.74) is 1.58. The van der Waals surface area contributed by atoms with Crippen LogP contribution in [0.5, 0.6) is 0 Å². The number of amides is 1. The van der Waals surface area contributed by atoms with Gasteiger partial charge in [-0.2, -0.15) is 0 Å². The van der Waals surface area contributed by atoms with E-state index in [4.69, 9.17) is 4.42 Å². The number of hydrogen-bond donors (Lipinski definition) is 0. The Hall–Kier alpha value is -2.59. The van der Waals surface area contributed by atoms with Gasteiger partial charge in [-0.3, -0.25) is 4.79 Å². The van der Waals surface area contributed by atoms with Gasteiger partial charge in [-0.05, 0) is 38.5 Å². The van der Waals surface area contributed by atoms with E-state index >= 15 is 0 Å². The lowest BCUT2D eigenvalue weighted by molar-refractivity contribution is -0.116. The number of aromatic nitrogens is 3. The summed E-state index contributed by atoms with van der Waals surface area (Å²) in [6, 6.07) is 10.7. The fourth-order valence-corrected chi connectivity index (χ4v) is 6.38. The molecule has 0 saturated carbocycles. The maximum atomic E-state index is 13.2. The minimum atomic E-state index is -3.12. The van der Waals surface area contributed by atoms with Crippen molar-refractivity contribution in [2.45, 2.75) is 38.0 Å². The van der Waals surface area contributed by atoms with Gasteiger partial charge in [-0.15, -0.1) is 10.2 Å². The number of benzene rings is 1. The molecule has 31 heavy (non-hydrogen) atoms. The van der Waals surface area contributed by atoms with E-state index in [9.17, 15) is 13.2 Å². The molecule has 0 spiro atoms. The minimum absolute atomic E-state index is 0.00659. The molecule has 8 nitrogen and oxygen atoms in total. The van der Waals surface area contributed by atoms with Crippen LogP contribution in [-0.4, -0.2) is 52.4 Å². The van der Waals surface area contributed by atoms with Gasteiger partial charge < -0.3 is 13.9 Å². The van der Waals surface area contributed by atoms with Crippen molar-refractivity contribution in [1.29, 1.82) is 0 Å². The van der Waals surface area contributed by atoms with Crippen molar-refractivity contribution in [2.75, 3.05) is 22.2 Å². The van der Waals surface area contributed by atoms with E-state index in [1.165, 1.54) is 11.8 Å². The van der Waals surface area contributed by atoms with E-state index in [0.29, 0.717) is 29.6 Å². The number of hydrogen-bond acceptors (Lipinski definition) is 7. The van der Waals surface area contributed by atoms with Crippen molar-refractivity contribution in [1.82, 2.24) is 14.8 Å². The van der Waals surface area contributed by atoms with Gasteiger partial charge in [0, 0.05) is 12.2 Å². The summed E-state index contributed by atoms with van der Waals surface area (Å²) < 4.78 is 31.4. The minimum Gasteiger partial charge on any atom is -0.469 e. The topological polar surface area (TPSA) is 98.3 Å². The maximum Gasteiger partial charge on any atom is 0.237 e. The number of sulfone groups is 1. The van der Waals surface area contributed by atoms with Gasteiger partial charge in [0.05, 0.1) is 35.1 Å². The van der Waals surface area contributed by atoms with E-state index in [1.807, 2.05) is 54.8 Å².